The predicted octanol–water partition coefficient (Wildman–Crippen LogP) is -0.621. The molecule has 0 aromatic heterocycles. The SMILES string of the molecule is [CH]1[CH]CC[CH][CH]CC1.[Cl-].[Rh+3]. The molecule has 0 aliphatic heterocycles. The summed E-state index contributed by atoms with van der Waals surface area (Å²) < 4.78 is 0. The van der Waals surface area contributed by atoms with Crippen molar-refractivity contribution >= 4 is 0 Å². The molecule has 0 amide bonds. The van der Waals surface area contributed by atoms with E-state index in [-0.39, 0.29) is 31.9 Å². The van der Waals surface area contributed by atoms with E-state index in [1.165, 1.54) is 25.7 Å². The average molecular weight is 247 g/mol. The maximum Gasteiger partial charge on any atom is 3.00 e. The van der Waals surface area contributed by atoms with Gasteiger partial charge < -0.3 is 12.4 Å². The summed E-state index contributed by atoms with van der Waals surface area (Å²) in [6.45, 7) is 0. The summed E-state index contributed by atoms with van der Waals surface area (Å²) in [5.74, 6) is 0. The van der Waals surface area contributed by atoms with Gasteiger partial charge in [-0.15, -0.1) is 0 Å². The number of hydrogen-bond donors (Lipinski definition) is 0. The van der Waals surface area contributed by atoms with Gasteiger partial charge in [-0.05, 0) is 51.4 Å². The van der Waals surface area contributed by atoms with E-state index in [1.54, 1.807) is 0 Å². The Morgan fingerprint density at radius 1 is 0.600 bits per heavy atom. The second kappa shape index (κ2) is 9.91. The normalized spacial score (nSPS) is 19.2. The van der Waals surface area contributed by atoms with Crippen molar-refractivity contribution in [3.8, 4) is 0 Å². The van der Waals surface area contributed by atoms with Gasteiger partial charge in [0.1, 0.15) is 0 Å². The molecule has 58 valence electrons. The van der Waals surface area contributed by atoms with Crippen molar-refractivity contribution in [2.75, 3.05) is 0 Å². The molecular weight excluding hydrogens is 234 g/mol. The van der Waals surface area contributed by atoms with Crippen LogP contribution >= 0.6 is 0 Å². The van der Waals surface area contributed by atoms with Crippen LogP contribution in [-0.4, -0.2) is 0 Å². The number of hydrogen-bond acceptors (Lipinski definition) is 0. The first-order valence-corrected chi connectivity index (χ1v) is 3.30. The summed E-state index contributed by atoms with van der Waals surface area (Å²) in [6, 6.07) is 0. The van der Waals surface area contributed by atoms with Gasteiger partial charge in [-0.2, -0.15) is 0 Å². The molecule has 1 rings (SSSR count). The first-order chi connectivity index (χ1) is 4.00. The molecule has 2 heteroatoms. The molecule has 0 bridgehead atoms. The first-order valence-electron chi connectivity index (χ1n) is 3.30. The van der Waals surface area contributed by atoms with Gasteiger partial charge in [-0.1, -0.05) is 0 Å². The van der Waals surface area contributed by atoms with Crippen LogP contribution in [0.1, 0.15) is 25.7 Å². The molecule has 0 saturated heterocycles. The van der Waals surface area contributed by atoms with Crippen LogP contribution < -0.4 is 12.4 Å². The molecular formula is C8H12ClRh+2. The van der Waals surface area contributed by atoms with Crippen molar-refractivity contribution in [2.45, 2.75) is 25.7 Å². The monoisotopic (exact) mass is 246 g/mol. The van der Waals surface area contributed by atoms with Gasteiger partial charge in [-0.3, -0.25) is 0 Å². The molecule has 1 aliphatic rings. The van der Waals surface area contributed by atoms with Crippen molar-refractivity contribution < 1.29 is 31.9 Å². The summed E-state index contributed by atoms with van der Waals surface area (Å²) >= 11 is 0. The summed E-state index contributed by atoms with van der Waals surface area (Å²) in [6.07, 6.45) is 14.0. The van der Waals surface area contributed by atoms with E-state index in [9.17, 15) is 0 Å². The van der Waals surface area contributed by atoms with Crippen LogP contribution in [0.15, 0.2) is 0 Å². The van der Waals surface area contributed by atoms with Gasteiger partial charge in [0.15, 0.2) is 0 Å². The average Bonchev–Trinajstić information content (AvgIpc) is 1.62. The van der Waals surface area contributed by atoms with Crippen molar-refractivity contribution in [3.05, 3.63) is 25.7 Å². The minimum absolute atomic E-state index is 0. The van der Waals surface area contributed by atoms with Crippen LogP contribution in [0.5, 0.6) is 0 Å². The van der Waals surface area contributed by atoms with Gasteiger partial charge in [-0.25, -0.2) is 0 Å². The second-order valence-electron chi connectivity index (χ2n) is 2.10. The van der Waals surface area contributed by atoms with Gasteiger partial charge in [0.05, 0.1) is 0 Å². The molecule has 0 aromatic rings. The van der Waals surface area contributed by atoms with E-state index in [4.69, 9.17) is 0 Å². The Kier molecular flexibility index (Phi) is 13.4. The summed E-state index contributed by atoms with van der Waals surface area (Å²) in [7, 11) is 0. The van der Waals surface area contributed by atoms with E-state index in [0.717, 1.165) is 0 Å². The zero-order valence-corrected chi connectivity index (χ0v) is 8.24. The Morgan fingerprint density at radius 2 is 0.800 bits per heavy atom. The van der Waals surface area contributed by atoms with E-state index in [1.807, 2.05) is 0 Å². The largest absolute Gasteiger partial charge is 3.00 e. The number of rotatable bonds is 0. The van der Waals surface area contributed by atoms with Gasteiger partial charge >= 0.3 is 19.5 Å². The molecule has 0 unspecified atom stereocenters. The maximum absolute atomic E-state index is 2.27. The standard InChI is InChI=1S/C8H12.ClH.Rh/c1-2-4-6-8-7-5-3-1;;/h1-2,7-8H,3-6H2;1H;/q;;+3/p-1. The molecule has 0 aromatic carbocycles. The van der Waals surface area contributed by atoms with Crippen molar-refractivity contribution in [2.24, 2.45) is 0 Å². The Bertz CT molecular complexity index is 33.2. The molecule has 1 saturated carbocycles. The van der Waals surface area contributed by atoms with Crippen molar-refractivity contribution in [1.29, 1.82) is 0 Å². The van der Waals surface area contributed by atoms with Crippen LogP contribution in [0, 0.1) is 25.7 Å². The van der Waals surface area contributed by atoms with E-state index in [2.05, 4.69) is 25.7 Å². The third kappa shape index (κ3) is 7.03. The number of halogens is 1. The van der Waals surface area contributed by atoms with E-state index in [0.29, 0.717) is 0 Å². The van der Waals surface area contributed by atoms with Gasteiger partial charge in [0, 0.05) is 0 Å². The molecule has 4 radical (unpaired) electrons. The topological polar surface area (TPSA) is 0 Å². The Balaban J connectivity index is 0. The third-order valence-corrected chi connectivity index (χ3v) is 1.33. The fourth-order valence-electron chi connectivity index (χ4n) is 0.856. The van der Waals surface area contributed by atoms with Gasteiger partial charge in [0.25, 0.3) is 0 Å². The molecule has 1 fully saturated rings. The van der Waals surface area contributed by atoms with Crippen LogP contribution in [0.2, 0.25) is 0 Å². The predicted molar refractivity (Wildman–Crippen MR) is 35.7 cm³/mol. The smallest absolute Gasteiger partial charge is 1.00 e. The molecule has 0 spiro atoms. The fourth-order valence-corrected chi connectivity index (χ4v) is 0.856. The van der Waals surface area contributed by atoms with Crippen molar-refractivity contribution in [1.82, 2.24) is 0 Å². The zero-order valence-electron chi connectivity index (χ0n) is 5.85. The minimum atomic E-state index is 0. The molecule has 0 atom stereocenters. The zero-order chi connectivity index (χ0) is 5.66. The molecule has 0 nitrogen and oxygen atoms in total. The van der Waals surface area contributed by atoms with Crippen LogP contribution in [0.4, 0.5) is 0 Å². The Morgan fingerprint density at radius 3 is 1.00 bits per heavy atom. The van der Waals surface area contributed by atoms with Gasteiger partial charge in [0.2, 0.25) is 0 Å². The molecule has 0 heterocycles. The summed E-state index contributed by atoms with van der Waals surface area (Å²) in [5.41, 5.74) is 0. The fraction of sp³-hybridized carbons (Fsp3) is 0.500. The maximum atomic E-state index is 2.27. The summed E-state index contributed by atoms with van der Waals surface area (Å²) in [5, 5.41) is 0. The second-order valence-corrected chi connectivity index (χ2v) is 2.10. The first kappa shape index (κ1) is 13.5. The van der Waals surface area contributed by atoms with Crippen LogP contribution in [0.3, 0.4) is 0 Å². The van der Waals surface area contributed by atoms with Crippen molar-refractivity contribution in [3.63, 3.8) is 0 Å². The Hall–Kier alpha value is 0.913. The Labute approximate surface area is 83.3 Å². The third-order valence-electron chi connectivity index (χ3n) is 1.33. The summed E-state index contributed by atoms with van der Waals surface area (Å²) in [4.78, 5) is 0. The molecule has 1 aliphatic carbocycles. The van der Waals surface area contributed by atoms with Crippen LogP contribution in [0.25, 0.3) is 0 Å². The molecule has 0 N–H and O–H groups in total. The minimum Gasteiger partial charge on any atom is -1.00 e. The molecule has 10 heavy (non-hydrogen) atoms. The van der Waals surface area contributed by atoms with Crippen LogP contribution in [-0.2, 0) is 19.5 Å². The van der Waals surface area contributed by atoms with E-state index < -0.39 is 0 Å². The van der Waals surface area contributed by atoms with E-state index >= 15 is 0 Å². The quantitative estimate of drug-likeness (QED) is 0.500.